The summed E-state index contributed by atoms with van der Waals surface area (Å²) in [6, 6.07) is 7.65. The van der Waals surface area contributed by atoms with Crippen LogP contribution in [0.4, 0.5) is 0 Å². The highest BCUT2D eigenvalue weighted by Crippen LogP contribution is 2.41. The lowest BCUT2D eigenvalue weighted by Crippen LogP contribution is -1.94. The van der Waals surface area contributed by atoms with Crippen LogP contribution in [-0.2, 0) is 0 Å². The molecule has 5 heteroatoms. The molecule has 1 heterocycles. The normalized spacial score (nSPS) is 12.5. The molecule has 1 nitrogen and oxygen atoms in total. The van der Waals surface area contributed by atoms with Gasteiger partial charge in [-0.2, -0.15) is 0 Å². The van der Waals surface area contributed by atoms with Crippen LogP contribution in [0.25, 0.3) is 0 Å². The fourth-order valence-electron chi connectivity index (χ4n) is 1.76. The molecule has 0 fully saturated rings. The van der Waals surface area contributed by atoms with E-state index >= 15 is 0 Å². The summed E-state index contributed by atoms with van der Waals surface area (Å²) in [5, 5.41) is -0.300. The molecule has 0 saturated carbocycles. The summed E-state index contributed by atoms with van der Waals surface area (Å²) in [5.74, 6) is 0.845. The Bertz CT molecular complexity index is 565. The molecule has 2 rings (SSSR count). The molecule has 96 valence electrons. The van der Waals surface area contributed by atoms with Crippen LogP contribution in [0.2, 0.25) is 8.67 Å². The van der Waals surface area contributed by atoms with Crippen LogP contribution in [0.1, 0.15) is 22.1 Å². The van der Waals surface area contributed by atoms with Gasteiger partial charge in [-0.15, -0.1) is 22.9 Å². The van der Waals surface area contributed by atoms with Gasteiger partial charge in [-0.1, -0.05) is 35.3 Å². The van der Waals surface area contributed by atoms with E-state index in [9.17, 15) is 0 Å². The molecule has 0 radical (unpaired) electrons. The third kappa shape index (κ3) is 2.77. The topological polar surface area (TPSA) is 9.23 Å². The highest BCUT2D eigenvalue weighted by Gasteiger charge is 2.17. The van der Waals surface area contributed by atoms with Crippen molar-refractivity contribution in [2.75, 3.05) is 7.11 Å². The van der Waals surface area contributed by atoms with Crippen molar-refractivity contribution >= 4 is 46.1 Å². The summed E-state index contributed by atoms with van der Waals surface area (Å²) < 4.78 is 6.50. The number of alkyl halides is 1. The van der Waals surface area contributed by atoms with E-state index in [-0.39, 0.29) is 5.38 Å². The predicted molar refractivity (Wildman–Crippen MR) is 79.8 cm³/mol. The van der Waals surface area contributed by atoms with E-state index < -0.39 is 0 Å². The monoisotopic (exact) mass is 320 g/mol. The van der Waals surface area contributed by atoms with Crippen LogP contribution < -0.4 is 4.74 Å². The molecule has 0 aliphatic carbocycles. The third-order valence-corrected chi connectivity index (χ3v) is 4.67. The van der Waals surface area contributed by atoms with Crippen molar-refractivity contribution in [3.63, 3.8) is 0 Å². The van der Waals surface area contributed by atoms with Crippen molar-refractivity contribution in [1.29, 1.82) is 0 Å². The van der Waals surface area contributed by atoms with E-state index in [1.54, 1.807) is 7.11 Å². The van der Waals surface area contributed by atoms with E-state index in [0.717, 1.165) is 22.4 Å². The molecule has 0 amide bonds. The molecular formula is C13H11Cl3OS. The van der Waals surface area contributed by atoms with Crippen LogP contribution in [-0.4, -0.2) is 7.11 Å². The summed E-state index contributed by atoms with van der Waals surface area (Å²) in [7, 11) is 1.65. The SMILES string of the molecule is COc1ccc(C(Cl)c2cc(Cl)sc2Cl)cc1C. The van der Waals surface area contributed by atoms with Gasteiger partial charge in [-0.05, 0) is 30.2 Å². The second-order valence-corrected chi connectivity index (χ2v) is 6.59. The molecule has 0 saturated heterocycles. The van der Waals surface area contributed by atoms with Crippen molar-refractivity contribution in [1.82, 2.24) is 0 Å². The van der Waals surface area contributed by atoms with Crippen molar-refractivity contribution in [3.8, 4) is 5.75 Å². The summed E-state index contributed by atoms with van der Waals surface area (Å²) in [6.45, 7) is 1.98. The molecule has 1 unspecified atom stereocenters. The summed E-state index contributed by atoms with van der Waals surface area (Å²) in [6.07, 6.45) is 0. The number of benzene rings is 1. The average molecular weight is 322 g/mol. The van der Waals surface area contributed by atoms with Gasteiger partial charge in [-0.3, -0.25) is 0 Å². The number of halogens is 3. The summed E-state index contributed by atoms with van der Waals surface area (Å²) in [5.41, 5.74) is 2.86. The Morgan fingerprint density at radius 2 is 1.94 bits per heavy atom. The first kappa shape index (κ1) is 14.0. The third-order valence-electron chi connectivity index (χ3n) is 2.67. The maximum Gasteiger partial charge on any atom is 0.121 e. The zero-order chi connectivity index (χ0) is 13.3. The van der Waals surface area contributed by atoms with Crippen molar-refractivity contribution in [3.05, 3.63) is 49.6 Å². The molecule has 18 heavy (non-hydrogen) atoms. The van der Waals surface area contributed by atoms with Gasteiger partial charge in [0.2, 0.25) is 0 Å². The molecule has 0 N–H and O–H groups in total. The van der Waals surface area contributed by atoms with Crippen molar-refractivity contribution < 1.29 is 4.74 Å². The molecule has 2 aromatic rings. The van der Waals surface area contributed by atoms with Crippen molar-refractivity contribution in [2.45, 2.75) is 12.3 Å². The summed E-state index contributed by atoms with van der Waals surface area (Å²) in [4.78, 5) is 0. The van der Waals surface area contributed by atoms with Crippen LogP contribution in [0.5, 0.6) is 5.75 Å². The average Bonchev–Trinajstić information content (AvgIpc) is 2.67. The molecule has 1 aromatic heterocycles. The Morgan fingerprint density at radius 3 is 2.44 bits per heavy atom. The second kappa shape index (κ2) is 5.70. The predicted octanol–water partition coefficient (Wildman–Crippen LogP) is 5.70. The second-order valence-electron chi connectivity index (χ2n) is 3.87. The molecule has 0 spiro atoms. The Hall–Kier alpha value is -0.410. The quantitative estimate of drug-likeness (QED) is 0.659. The fraction of sp³-hybridized carbons (Fsp3) is 0.231. The number of hydrogen-bond acceptors (Lipinski definition) is 2. The van der Waals surface area contributed by atoms with Gasteiger partial charge < -0.3 is 4.74 Å². The minimum Gasteiger partial charge on any atom is -0.496 e. The highest BCUT2D eigenvalue weighted by molar-refractivity contribution is 7.20. The lowest BCUT2D eigenvalue weighted by Gasteiger charge is -2.12. The number of methoxy groups -OCH3 is 1. The van der Waals surface area contributed by atoms with Gasteiger partial charge in [0.15, 0.2) is 0 Å². The maximum absolute atomic E-state index is 6.44. The van der Waals surface area contributed by atoms with Gasteiger partial charge in [0.05, 0.1) is 21.2 Å². The Kier molecular flexibility index (Phi) is 4.44. The molecule has 0 aliphatic rings. The van der Waals surface area contributed by atoms with Crippen LogP contribution in [0.15, 0.2) is 24.3 Å². The number of thiophene rings is 1. The maximum atomic E-state index is 6.44. The zero-order valence-corrected chi connectivity index (χ0v) is 12.9. The van der Waals surface area contributed by atoms with Crippen LogP contribution in [0.3, 0.4) is 0 Å². The lowest BCUT2D eigenvalue weighted by molar-refractivity contribution is 0.411. The Balaban J connectivity index is 2.37. The zero-order valence-electron chi connectivity index (χ0n) is 9.84. The van der Waals surface area contributed by atoms with E-state index in [1.807, 2.05) is 31.2 Å². The van der Waals surface area contributed by atoms with Gasteiger partial charge in [-0.25, -0.2) is 0 Å². The first-order chi connectivity index (χ1) is 8.52. The minimum absolute atomic E-state index is 0.300. The minimum atomic E-state index is -0.300. The van der Waals surface area contributed by atoms with E-state index in [1.165, 1.54) is 11.3 Å². The number of hydrogen-bond donors (Lipinski definition) is 0. The molecule has 0 bridgehead atoms. The highest BCUT2D eigenvalue weighted by atomic mass is 35.5. The van der Waals surface area contributed by atoms with Gasteiger partial charge >= 0.3 is 0 Å². The van der Waals surface area contributed by atoms with Crippen molar-refractivity contribution in [2.24, 2.45) is 0 Å². The van der Waals surface area contributed by atoms with E-state index in [2.05, 4.69) is 0 Å². The Labute approximate surface area is 125 Å². The smallest absolute Gasteiger partial charge is 0.121 e. The number of rotatable bonds is 3. The largest absolute Gasteiger partial charge is 0.496 e. The molecule has 1 aromatic carbocycles. The first-order valence-corrected chi connectivity index (χ1v) is 7.27. The first-order valence-electron chi connectivity index (χ1n) is 5.26. The van der Waals surface area contributed by atoms with E-state index in [4.69, 9.17) is 39.5 Å². The molecular weight excluding hydrogens is 311 g/mol. The number of aryl methyl sites for hydroxylation is 1. The lowest BCUT2D eigenvalue weighted by atomic mass is 10.0. The van der Waals surface area contributed by atoms with Crippen LogP contribution >= 0.6 is 46.1 Å². The molecule has 0 aliphatic heterocycles. The Morgan fingerprint density at radius 1 is 1.22 bits per heavy atom. The van der Waals surface area contributed by atoms with Gasteiger partial charge in [0.1, 0.15) is 5.75 Å². The summed E-state index contributed by atoms with van der Waals surface area (Å²) >= 11 is 19.8. The molecule has 1 atom stereocenters. The van der Waals surface area contributed by atoms with Gasteiger partial charge in [0, 0.05) is 5.56 Å². The fourth-order valence-corrected chi connectivity index (χ4v) is 3.73. The standard InChI is InChI=1S/C13H11Cl3OS/c1-7-5-8(3-4-10(7)17-2)12(15)9-6-11(14)18-13(9)16/h3-6,12H,1-2H3. The van der Waals surface area contributed by atoms with Gasteiger partial charge in [0.25, 0.3) is 0 Å². The number of ether oxygens (including phenoxy) is 1. The van der Waals surface area contributed by atoms with E-state index in [0.29, 0.717) is 8.67 Å². The van der Waals surface area contributed by atoms with Crippen LogP contribution in [0, 0.1) is 6.92 Å².